The van der Waals surface area contributed by atoms with Gasteiger partial charge in [0.05, 0.1) is 33.1 Å². The third-order valence-electron chi connectivity index (χ3n) is 5.25. The van der Waals surface area contributed by atoms with Crippen LogP contribution in [0.3, 0.4) is 0 Å². The van der Waals surface area contributed by atoms with E-state index in [4.69, 9.17) is 9.97 Å². The molecule has 150 valence electrons. The molecule has 0 aliphatic heterocycles. The Labute approximate surface area is 178 Å². The smallest absolute Gasteiger partial charge is 0.254 e. The van der Waals surface area contributed by atoms with Crippen molar-refractivity contribution in [1.82, 2.24) is 24.8 Å². The van der Waals surface area contributed by atoms with E-state index in [-0.39, 0.29) is 5.91 Å². The zero-order chi connectivity index (χ0) is 21.4. The van der Waals surface area contributed by atoms with Crippen LogP contribution in [0.2, 0.25) is 0 Å². The topological polar surface area (TPSA) is 71.9 Å². The molecular formula is C25H19N5O. The highest BCUT2D eigenvalue weighted by Crippen LogP contribution is 2.31. The van der Waals surface area contributed by atoms with Gasteiger partial charge in [0.15, 0.2) is 0 Å². The quantitative estimate of drug-likeness (QED) is 0.241. The first-order valence-corrected chi connectivity index (χ1v) is 9.95. The predicted octanol–water partition coefficient (Wildman–Crippen LogP) is 4.69. The van der Waals surface area contributed by atoms with Crippen molar-refractivity contribution in [3.63, 3.8) is 0 Å². The lowest BCUT2D eigenvalue weighted by Crippen LogP contribution is -2.31. The lowest BCUT2D eigenvalue weighted by atomic mass is 10.1. The number of hydrogen-bond donors (Lipinski definition) is 0. The summed E-state index contributed by atoms with van der Waals surface area (Å²) >= 11 is 0. The molecule has 6 nitrogen and oxygen atoms in total. The first-order valence-electron chi connectivity index (χ1n) is 9.95. The van der Waals surface area contributed by atoms with Gasteiger partial charge >= 0.3 is 0 Å². The minimum absolute atomic E-state index is 0.0992. The van der Waals surface area contributed by atoms with Crippen LogP contribution in [0.15, 0.2) is 80.2 Å². The molecule has 0 spiro atoms. The molecule has 0 aliphatic rings. The monoisotopic (exact) mass is 405 g/mol. The molecule has 3 heterocycles. The number of pyridine rings is 2. The first kappa shape index (κ1) is 18.8. The average Bonchev–Trinajstić information content (AvgIpc) is 2.82. The van der Waals surface area contributed by atoms with Crippen LogP contribution in [0.4, 0.5) is 0 Å². The largest absolute Gasteiger partial charge is 0.331 e. The third-order valence-corrected chi connectivity index (χ3v) is 5.25. The lowest BCUT2D eigenvalue weighted by molar-refractivity contribution is 0.0791. The van der Waals surface area contributed by atoms with Crippen LogP contribution in [0, 0.1) is 0 Å². The van der Waals surface area contributed by atoms with Gasteiger partial charge < -0.3 is 4.90 Å². The Bertz CT molecular complexity index is 1500. The summed E-state index contributed by atoms with van der Waals surface area (Å²) in [5.41, 5.74) is 5.03. The second-order valence-electron chi connectivity index (χ2n) is 7.21. The van der Waals surface area contributed by atoms with Crippen molar-refractivity contribution in [1.29, 1.82) is 0 Å². The van der Waals surface area contributed by atoms with E-state index in [2.05, 4.69) is 23.1 Å². The van der Waals surface area contributed by atoms with Gasteiger partial charge in [-0.15, -0.1) is 13.2 Å². The highest BCUT2D eigenvalue weighted by molar-refractivity contribution is 6.21. The normalized spacial score (nSPS) is 11.2. The molecule has 0 radical (unpaired) electrons. The van der Waals surface area contributed by atoms with Crippen molar-refractivity contribution in [2.24, 2.45) is 0 Å². The van der Waals surface area contributed by atoms with Crippen LogP contribution in [0.25, 0.3) is 43.9 Å². The maximum Gasteiger partial charge on any atom is 0.254 e. The molecule has 0 bridgehead atoms. The number of benzene rings is 2. The summed E-state index contributed by atoms with van der Waals surface area (Å²) in [6.07, 6.45) is 6.91. The van der Waals surface area contributed by atoms with E-state index in [9.17, 15) is 4.79 Å². The van der Waals surface area contributed by atoms with Crippen molar-refractivity contribution in [3.8, 4) is 0 Å². The van der Waals surface area contributed by atoms with Crippen molar-refractivity contribution < 1.29 is 4.79 Å². The maximum atomic E-state index is 13.0. The number of aromatic nitrogens is 4. The summed E-state index contributed by atoms with van der Waals surface area (Å²) in [5, 5.41) is 1.79. The van der Waals surface area contributed by atoms with Gasteiger partial charge in [0, 0.05) is 41.8 Å². The molecule has 0 saturated heterocycles. The fraction of sp³-hybridized carbons (Fsp3) is 0.0800. The van der Waals surface area contributed by atoms with Crippen molar-refractivity contribution in [3.05, 3.63) is 85.7 Å². The minimum atomic E-state index is -0.0992. The van der Waals surface area contributed by atoms with E-state index in [0.29, 0.717) is 24.2 Å². The lowest BCUT2D eigenvalue weighted by Gasteiger charge is -2.19. The van der Waals surface area contributed by atoms with Gasteiger partial charge in [-0.25, -0.2) is 9.97 Å². The number of carbonyl (C=O) groups excluding carboxylic acids is 1. The van der Waals surface area contributed by atoms with Gasteiger partial charge in [-0.05, 0) is 42.5 Å². The van der Waals surface area contributed by atoms with Crippen LogP contribution < -0.4 is 0 Å². The second-order valence-corrected chi connectivity index (χ2v) is 7.21. The molecule has 5 aromatic rings. The molecule has 3 aromatic heterocycles. The molecule has 0 aliphatic carbocycles. The summed E-state index contributed by atoms with van der Waals surface area (Å²) in [5.74, 6) is -0.0992. The molecular weight excluding hydrogens is 386 g/mol. The second kappa shape index (κ2) is 7.57. The van der Waals surface area contributed by atoms with Gasteiger partial charge in [-0.1, -0.05) is 12.2 Å². The standard InChI is InChI=1S/C25H19N5O/c1-3-13-30(14-4-2)25(31)16-9-10-19-20(15-16)29-24-18-8-6-12-27-22(18)21-17(23(24)28-19)7-5-11-26-21/h3-12,15H,1-2,13-14H2. The SMILES string of the molecule is C=CCN(CC=C)C(=O)c1ccc2nc3c4cccnc4c4ncccc4c3nc2c1. The molecule has 2 aromatic carbocycles. The summed E-state index contributed by atoms with van der Waals surface area (Å²) in [6.45, 7) is 8.36. The molecule has 0 N–H and O–H groups in total. The number of nitrogens with zero attached hydrogens (tertiary/aromatic N) is 5. The van der Waals surface area contributed by atoms with E-state index in [1.165, 1.54) is 0 Å². The molecule has 1 amide bonds. The molecule has 31 heavy (non-hydrogen) atoms. The molecule has 0 fully saturated rings. The first-order chi connectivity index (χ1) is 15.2. The van der Waals surface area contributed by atoms with Crippen LogP contribution in [0.5, 0.6) is 0 Å². The number of carbonyl (C=O) groups is 1. The Morgan fingerprint density at radius 2 is 1.39 bits per heavy atom. The molecule has 5 rings (SSSR count). The Morgan fingerprint density at radius 3 is 1.97 bits per heavy atom. The van der Waals surface area contributed by atoms with Crippen molar-refractivity contribution in [2.75, 3.05) is 13.1 Å². The number of hydrogen-bond acceptors (Lipinski definition) is 5. The Kier molecular flexibility index (Phi) is 4.59. The fourth-order valence-electron chi connectivity index (χ4n) is 3.87. The molecule has 0 saturated carbocycles. The van der Waals surface area contributed by atoms with E-state index >= 15 is 0 Å². The zero-order valence-electron chi connectivity index (χ0n) is 16.8. The minimum Gasteiger partial charge on any atom is -0.331 e. The Hall–Kier alpha value is -4.19. The van der Waals surface area contributed by atoms with E-state index in [1.54, 1.807) is 41.6 Å². The summed E-state index contributed by atoms with van der Waals surface area (Å²) in [6, 6.07) is 13.1. The number of rotatable bonds is 5. The summed E-state index contributed by atoms with van der Waals surface area (Å²) in [7, 11) is 0. The molecule has 6 heteroatoms. The highest BCUT2D eigenvalue weighted by Gasteiger charge is 2.17. The van der Waals surface area contributed by atoms with Gasteiger partial charge in [-0.2, -0.15) is 0 Å². The third kappa shape index (κ3) is 3.09. The molecule has 0 atom stereocenters. The van der Waals surface area contributed by atoms with Crippen LogP contribution in [0.1, 0.15) is 10.4 Å². The number of amides is 1. The van der Waals surface area contributed by atoms with Crippen molar-refractivity contribution >= 4 is 49.8 Å². The number of fused-ring (bicyclic) bond motifs is 7. The van der Waals surface area contributed by atoms with Crippen LogP contribution in [-0.2, 0) is 0 Å². The predicted molar refractivity (Wildman–Crippen MR) is 124 cm³/mol. The van der Waals surface area contributed by atoms with Crippen LogP contribution in [-0.4, -0.2) is 43.8 Å². The highest BCUT2D eigenvalue weighted by atomic mass is 16.2. The van der Waals surface area contributed by atoms with Crippen molar-refractivity contribution in [2.45, 2.75) is 0 Å². The summed E-state index contributed by atoms with van der Waals surface area (Å²) in [4.78, 5) is 33.5. The summed E-state index contributed by atoms with van der Waals surface area (Å²) < 4.78 is 0. The average molecular weight is 405 g/mol. The van der Waals surface area contributed by atoms with Gasteiger partial charge in [0.25, 0.3) is 5.91 Å². The van der Waals surface area contributed by atoms with Gasteiger partial charge in [0.2, 0.25) is 0 Å². The van der Waals surface area contributed by atoms with Gasteiger partial charge in [-0.3, -0.25) is 14.8 Å². The van der Waals surface area contributed by atoms with E-state index in [1.807, 2.05) is 30.3 Å². The Morgan fingerprint density at radius 1 is 0.806 bits per heavy atom. The fourth-order valence-corrected chi connectivity index (χ4v) is 3.87. The van der Waals surface area contributed by atoms with E-state index < -0.39 is 0 Å². The zero-order valence-corrected chi connectivity index (χ0v) is 16.8. The molecule has 0 unspecified atom stereocenters. The van der Waals surface area contributed by atoms with Gasteiger partial charge in [0.1, 0.15) is 0 Å². The van der Waals surface area contributed by atoms with Crippen LogP contribution >= 0.6 is 0 Å². The Balaban J connectivity index is 1.77. The maximum absolute atomic E-state index is 13.0. The van der Waals surface area contributed by atoms with E-state index in [0.717, 1.165) is 38.4 Å².